The lowest BCUT2D eigenvalue weighted by Gasteiger charge is -2.05. The van der Waals surface area contributed by atoms with E-state index in [-0.39, 0.29) is 5.91 Å². The lowest BCUT2D eigenvalue weighted by molar-refractivity contribution is 0.103. The first-order valence-electron chi connectivity index (χ1n) is 7.35. The summed E-state index contributed by atoms with van der Waals surface area (Å²) in [5.41, 5.74) is 9.85. The number of carbonyl (C=O) groups is 1. The van der Waals surface area contributed by atoms with E-state index < -0.39 is 0 Å². The Morgan fingerprint density at radius 1 is 1.21 bits per heavy atom. The van der Waals surface area contributed by atoms with Gasteiger partial charge in [-0.25, -0.2) is 4.98 Å². The average Bonchev–Trinajstić information content (AvgIpc) is 3.10. The second-order valence-corrected chi connectivity index (χ2v) is 8.72. The third kappa shape index (κ3) is 2.99. The van der Waals surface area contributed by atoms with Crippen LogP contribution < -0.4 is 11.1 Å². The molecule has 0 aliphatic carbocycles. The van der Waals surface area contributed by atoms with E-state index in [1.807, 2.05) is 27.7 Å². The number of nitrogens with two attached hydrogens (primary N) is 1. The summed E-state index contributed by atoms with van der Waals surface area (Å²) < 4.78 is 0.834. The summed E-state index contributed by atoms with van der Waals surface area (Å²) in [7, 11) is 0. The predicted octanol–water partition coefficient (Wildman–Crippen LogP) is 4.02. The lowest BCUT2D eigenvalue weighted by atomic mass is 10.1. The number of rotatable bonds is 4. The van der Waals surface area contributed by atoms with Crippen molar-refractivity contribution in [3.05, 3.63) is 21.7 Å². The molecule has 3 aromatic rings. The van der Waals surface area contributed by atoms with Crippen LogP contribution in [-0.4, -0.2) is 26.8 Å². The Labute approximate surface area is 151 Å². The fraction of sp³-hybridized carbons (Fsp3) is 0.333. The quantitative estimate of drug-likeness (QED) is 0.525. The molecule has 0 radical (unpaired) electrons. The smallest absolute Gasteiger partial charge is 0.269 e. The summed E-state index contributed by atoms with van der Waals surface area (Å²) in [4.78, 5) is 18.4. The van der Waals surface area contributed by atoms with Crippen molar-refractivity contribution in [1.82, 2.24) is 15.2 Å². The molecule has 3 N–H and O–H groups in total. The summed E-state index contributed by atoms with van der Waals surface area (Å²) in [6.45, 7) is 8.03. The summed E-state index contributed by atoms with van der Waals surface area (Å²) in [6, 6.07) is 0. The number of aryl methyl sites for hydroxylation is 2. The largest absolute Gasteiger partial charge is 0.397 e. The van der Waals surface area contributed by atoms with Crippen molar-refractivity contribution in [1.29, 1.82) is 0 Å². The Balaban J connectivity index is 1.95. The van der Waals surface area contributed by atoms with E-state index in [9.17, 15) is 4.79 Å². The molecule has 3 rings (SSSR count). The SMILES string of the molecule is CCSc1nnc(NC(=O)c2sc3nc(C)c(C)c(C)c3c2N)s1. The van der Waals surface area contributed by atoms with Gasteiger partial charge in [0.15, 0.2) is 4.34 Å². The molecular formula is C15H17N5OS3. The highest BCUT2D eigenvalue weighted by Crippen LogP contribution is 2.37. The highest BCUT2D eigenvalue weighted by Gasteiger charge is 2.21. The number of thiophene rings is 1. The zero-order chi connectivity index (χ0) is 17.4. The van der Waals surface area contributed by atoms with E-state index in [1.165, 1.54) is 22.7 Å². The van der Waals surface area contributed by atoms with Crippen LogP contribution in [0.25, 0.3) is 10.2 Å². The molecule has 0 unspecified atom stereocenters. The van der Waals surface area contributed by atoms with Crippen molar-refractivity contribution in [3.63, 3.8) is 0 Å². The van der Waals surface area contributed by atoms with E-state index in [0.717, 1.165) is 37.1 Å². The molecule has 126 valence electrons. The molecular weight excluding hydrogens is 362 g/mol. The van der Waals surface area contributed by atoms with Crippen LogP contribution in [-0.2, 0) is 0 Å². The summed E-state index contributed by atoms with van der Waals surface area (Å²) >= 11 is 4.26. The van der Waals surface area contributed by atoms with Crippen molar-refractivity contribution < 1.29 is 4.79 Å². The monoisotopic (exact) mass is 379 g/mol. The first-order chi connectivity index (χ1) is 11.4. The molecule has 24 heavy (non-hydrogen) atoms. The minimum atomic E-state index is -0.269. The molecule has 1 amide bonds. The number of nitrogens with one attached hydrogen (secondary N) is 1. The highest BCUT2D eigenvalue weighted by molar-refractivity contribution is 8.01. The average molecular weight is 380 g/mol. The van der Waals surface area contributed by atoms with Gasteiger partial charge < -0.3 is 5.73 Å². The number of thioether (sulfide) groups is 1. The number of nitrogens with zero attached hydrogens (tertiary/aromatic N) is 3. The third-order valence-corrected chi connectivity index (χ3v) is 6.73. The predicted molar refractivity (Wildman–Crippen MR) is 103 cm³/mol. The number of hydrogen-bond donors (Lipinski definition) is 2. The molecule has 0 fully saturated rings. The number of nitrogen functional groups attached to an aromatic ring is 1. The van der Waals surface area contributed by atoms with Crippen LogP contribution in [0.3, 0.4) is 0 Å². The zero-order valence-electron chi connectivity index (χ0n) is 13.8. The van der Waals surface area contributed by atoms with Crippen LogP contribution in [0.5, 0.6) is 0 Å². The molecule has 0 bridgehead atoms. The van der Waals surface area contributed by atoms with Crippen molar-refractivity contribution in [2.24, 2.45) is 0 Å². The molecule has 0 aliphatic rings. The summed E-state index contributed by atoms with van der Waals surface area (Å²) in [6.07, 6.45) is 0. The molecule has 0 aromatic carbocycles. The number of anilines is 2. The number of aromatic nitrogens is 3. The van der Waals surface area contributed by atoms with E-state index in [2.05, 4.69) is 20.5 Å². The Hall–Kier alpha value is -1.71. The van der Waals surface area contributed by atoms with Gasteiger partial charge in [0.2, 0.25) is 5.13 Å². The van der Waals surface area contributed by atoms with Gasteiger partial charge in [0.25, 0.3) is 5.91 Å². The minimum absolute atomic E-state index is 0.269. The molecule has 9 heteroatoms. The van der Waals surface area contributed by atoms with Gasteiger partial charge >= 0.3 is 0 Å². The number of fused-ring (bicyclic) bond motifs is 1. The van der Waals surface area contributed by atoms with Gasteiger partial charge in [0, 0.05) is 11.1 Å². The van der Waals surface area contributed by atoms with Crippen LogP contribution in [0.15, 0.2) is 4.34 Å². The van der Waals surface area contributed by atoms with Crippen LogP contribution in [0, 0.1) is 20.8 Å². The lowest BCUT2D eigenvalue weighted by Crippen LogP contribution is -2.11. The van der Waals surface area contributed by atoms with Crippen LogP contribution >= 0.6 is 34.4 Å². The molecule has 3 heterocycles. The second-order valence-electron chi connectivity index (χ2n) is 5.23. The Bertz CT molecular complexity index is 931. The molecule has 0 atom stereocenters. The summed E-state index contributed by atoms with van der Waals surface area (Å²) in [5, 5.41) is 12.2. The zero-order valence-corrected chi connectivity index (χ0v) is 16.2. The van der Waals surface area contributed by atoms with Gasteiger partial charge in [-0.1, -0.05) is 30.0 Å². The molecule has 0 aliphatic heterocycles. The van der Waals surface area contributed by atoms with Gasteiger partial charge in [-0.2, -0.15) is 0 Å². The van der Waals surface area contributed by atoms with Gasteiger partial charge in [0.1, 0.15) is 9.71 Å². The van der Waals surface area contributed by atoms with E-state index in [0.29, 0.717) is 15.7 Å². The van der Waals surface area contributed by atoms with Gasteiger partial charge in [-0.15, -0.1) is 21.5 Å². The van der Waals surface area contributed by atoms with Crippen molar-refractivity contribution in [3.8, 4) is 0 Å². The van der Waals surface area contributed by atoms with E-state index in [1.54, 1.807) is 11.8 Å². The number of carbonyl (C=O) groups excluding carboxylic acids is 1. The molecule has 3 aromatic heterocycles. The molecule has 6 nitrogen and oxygen atoms in total. The highest BCUT2D eigenvalue weighted by atomic mass is 32.2. The maximum Gasteiger partial charge on any atom is 0.269 e. The number of hydrogen-bond acceptors (Lipinski definition) is 8. The maximum absolute atomic E-state index is 12.6. The molecule has 0 saturated carbocycles. The standard InChI is InChI=1S/C15H17N5OS3/c1-5-22-15-20-19-14(24-15)18-12(21)11-10(16)9-7(3)6(2)8(4)17-13(9)23-11/h5,16H2,1-4H3,(H,18,19,21). The normalized spacial score (nSPS) is 11.2. The van der Waals surface area contributed by atoms with Crippen molar-refractivity contribution in [2.75, 3.05) is 16.8 Å². The summed E-state index contributed by atoms with van der Waals surface area (Å²) in [5.74, 6) is 0.643. The first-order valence-corrected chi connectivity index (χ1v) is 9.97. The minimum Gasteiger partial charge on any atom is -0.397 e. The second kappa shape index (κ2) is 6.66. The Morgan fingerprint density at radius 2 is 1.96 bits per heavy atom. The van der Waals surface area contributed by atoms with E-state index >= 15 is 0 Å². The number of amides is 1. The van der Waals surface area contributed by atoms with Crippen molar-refractivity contribution >= 4 is 61.4 Å². The Kier molecular flexibility index (Phi) is 4.75. The fourth-order valence-corrected chi connectivity index (χ4v) is 5.07. The van der Waals surface area contributed by atoms with Crippen LogP contribution in [0.2, 0.25) is 0 Å². The maximum atomic E-state index is 12.6. The first kappa shape index (κ1) is 17.1. The van der Waals surface area contributed by atoms with Crippen LogP contribution in [0.4, 0.5) is 10.8 Å². The molecule has 0 saturated heterocycles. The van der Waals surface area contributed by atoms with Gasteiger partial charge in [0.05, 0.1) is 5.69 Å². The fourth-order valence-electron chi connectivity index (χ4n) is 2.33. The van der Waals surface area contributed by atoms with Gasteiger partial charge in [-0.05, 0) is 37.7 Å². The molecule has 0 spiro atoms. The number of pyridine rings is 1. The Morgan fingerprint density at radius 3 is 2.67 bits per heavy atom. The third-order valence-electron chi connectivity index (χ3n) is 3.78. The topological polar surface area (TPSA) is 93.8 Å². The van der Waals surface area contributed by atoms with Crippen molar-refractivity contribution in [2.45, 2.75) is 32.0 Å². The van der Waals surface area contributed by atoms with Gasteiger partial charge in [-0.3, -0.25) is 10.1 Å². The van der Waals surface area contributed by atoms with Crippen LogP contribution in [0.1, 0.15) is 33.4 Å². The van der Waals surface area contributed by atoms with E-state index in [4.69, 9.17) is 5.73 Å².